The number of rotatable bonds is 6. The second kappa shape index (κ2) is 7.22. The molecule has 1 fully saturated rings. The Balaban J connectivity index is 2.47. The molecule has 0 spiro atoms. The van der Waals surface area contributed by atoms with Gasteiger partial charge in [0, 0.05) is 25.4 Å². The Hall–Kier alpha value is -1.16. The van der Waals surface area contributed by atoms with Crippen molar-refractivity contribution < 1.29 is 19.4 Å². The van der Waals surface area contributed by atoms with Gasteiger partial charge in [0.2, 0.25) is 0 Å². The third-order valence-electron chi connectivity index (χ3n) is 3.25. The number of carbonyl (C=O) groups is 2. The van der Waals surface area contributed by atoms with Gasteiger partial charge in [0.1, 0.15) is 5.78 Å². The highest BCUT2D eigenvalue weighted by Gasteiger charge is 2.34. The monoisotopic (exact) mass is 240 g/mol. The Morgan fingerprint density at radius 3 is 2.94 bits per heavy atom. The van der Waals surface area contributed by atoms with Gasteiger partial charge in [-0.3, -0.25) is 9.59 Å². The number of hydrogen-bond acceptors (Lipinski definition) is 4. The molecular weight excluding hydrogens is 220 g/mol. The van der Waals surface area contributed by atoms with E-state index in [2.05, 4.69) is 4.74 Å². The van der Waals surface area contributed by atoms with Crippen molar-refractivity contribution in [2.24, 2.45) is 11.8 Å². The predicted molar refractivity (Wildman–Crippen MR) is 63.3 cm³/mol. The van der Waals surface area contributed by atoms with E-state index in [1.54, 1.807) is 0 Å². The lowest BCUT2D eigenvalue weighted by Gasteiger charge is -2.15. The molecule has 17 heavy (non-hydrogen) atoms. The molecule has 4 heteroatoms. The standard InChI is InChI=1S/C13H20O4/c1-17-13(16)9-10-6-7-12(15)11(10)5-3-2-4-8-14/h2-3,10-11,14H,4-9H2,1H3/b3-2-/t10-,11-/m1/s1. The minimum Gasteiger partial charge on any atom is -0.469 e. The van der Waals surface area contributed by atoms with Crippen LogP contribution < -0.4 is 0 Å². The zero-order valence-electron chi connectivity index (χ0n) is 10.2. The van der Waals surface area contributed by atoms with Crippen molar-refractivity contribution in [3.05, 3.63) is 12.2 Å². The molecule has 4 nitrogen and oxygen atoms in total. The van der Waals surface area contributed by atoms with Crippen molar-refractivity contribution in [2.45, 2.75) is 32.1 Å². The summed E-state index contributed by atoms with van der Waals surface area (Å²) in [6.45, 7) is 0.126. The molecule has 0 radical (unpaired) electrons. The van der Waals surface area contributed by atoms with E-state index in [9.17, 15) is 9.59 Å². The lowest BCUT2D eigenvalue weighted by atomic mass is 9.89. The number of aliphatic hydroxyl groups is 1. The minimum atomic E-state index is -0.242. The van der Waals surface area contributed by atoms with E-state index in [0.717, 1.165) is 6.42 Å². The molecule has 1 rings (SSSR count). The van der Waals surface area contributed by atoms with E-state index in [4.69, 9.17) is 5.11 Å². The summed E-state index contributed by atoms with van der Waals surface area (Å²) in [4.78, 5) is 22.9. The molecule has 0 unspecified atom stereocenters. The fraction of sp³-hybridized carbons (Fsp3) is 0.692. The molecule has 0 heterocycles. The van der Waals surface area contributed by atoms with Crippen LogP contribution in [-0.4, -0.2) is 30.6 Å². The Bertz CT molecular complexity index is 296. The van der Waals surface area contributed by atoms with E-state index >= 15 is 0 Å². The first kappa shape index (κ1) is 13.9. The zero-order chi connectivity index (χ0) is 12.7. The number of hydrogen-bond donors (Lipinski definition) is 1. The first-order valence-electron chi connectivity index (χ1n) is 6.04. The summed E-state index contributed by atoms with van der Waals surface area (Å²) in [5, 5.41) is 8.63. The average Bonchev–Trinajstić information content (AvgIpc) is 2.66. The topological polar surface area (TPSA) is 63.6 Å². The van der Waals surface area contributed by atoms with Crippen molar-refractivity contribution in [3.8, 4) is 0 Å². The van der Waals surface area contributed by atoms with Gasteiger partial charge in [0.15, 0.2) is 0 Å². The molecule has 0 aromatic heterocycles. The van der Waals surface area contributed by atoms with Crippen molar-refractivity contribution in [2.75, 3.05) is 13.7 Å². The first-order valence-corrected chi connectivity index (χ1v) is 6.04. The number of ketones is 1. The van der Waals surface area contributed by atoms with Crippen LogP contribution in [0.25, 0.3) is 0 Å². The minimum absolute atomic E-state index is 0.0518. The fourth-order valence-corrected chi connectivity index (χ4v) is 2.28. The largest absolute Gasteiger partial charge is 0.469 e. The van der Waals surface area contributed by atoms with Crippen LogP contribution in [0.4, 0.5) is 0 Å². The number of allylic oxidation sites excluding steroid dienone is 1. The van der Waals surface area contributed by atoms with Crippen molar-refractivity contribution in [1.29, 1.82) is 0 Å². The van der Waals surface area contributed by atoms with Crippen LogP contribution in [0.5, 0.6) is 0 Å². The highest BCUT2D eigenvalue weighted by Crippen LogP contribution is 2.34. The molecule has 0 aromatic rings. The number of esters is 1. The Kier molecular flexibility index (Phi) is 5.91. The third-order valence-corrected chi connectivity index (χ3v) is 3.25. The van der Waals surface area contributed by atoms with Gasteiger partial charge in [0.25, 0.3) is 0 Å². The smallest absolute Gasteiger partial charge is 0.305 e. The molecule has 1 aliphatic carbocycles. The molecule has 1 saturated carbocycles. The maximum atomic E-state index is 11.7. The van der Waals surface area contributed by atoms with Crippen LogP contribution in [0.1, 0.15) is 32.1 Å². The fourth-order valence-electron chi connectivity index (χ4n) is 2.28. The molecule has 0 aromatic carbocycles. The molecule has 0 saturated heterocycles. The van der Waals surface area contributed by atoms with E-state index < -0.39 is 0 Å². The second-order valence-corrected chi connectivity index (χ2v) is 4.37. The lowest BCUT2D eigenvalue weighted by molar-refractivity contribution is -0.142. The summed E-state index contributed by atoms with van der Waals surface area (Å²) in [5.41, 5.74) is 0. The van der Waals surface area contributed by atoms with Crippen LogP contribution in [-0.2, 0) is 14.3 Å². The first-order chi connectivity index (χ1) is 8.19. The summed E-state index contributed by atoms with van der Waals surface area (Å²) in [7, 11) is 1.37. The second-order valence-electron chi connectivity index (χ2n) is 4.37. The van der Waals surface area contributed by atoms with E-state index in [-0.39, 0.29) is 30.2 Å². The SMILES string of the molecule is COC(=O)C[C@H]1CCC(=O)[C@@H]1C/C=C\CCO. The number of methoxy groups -OCH3 is 1. The van der Waals surface area contributed by atoms with E-state index in [0.29, 0.717) is 25.7 Å². The van der Waals surface area contributed by atoms with Gasteiger partial charge in [-0.15, -0.1) is 0 Å². The van der Waals surface area contributed by atoms with Crippen molar-refractivity contribution >= 4 is 11.8 Å². The van der Waals surface area contributed by atoms with Gasteiger partial charge < -0.3 is 9.84 Å². The average molecular weight is 240 g/mol. The van der Waals surface area contributed by atoms with Gasteiger partial charge in [-0.25, -0.2) is 0 Å². The van der Waals surface area contributed by atoms with E-state index in [1.165, 1.54) is 7.11 Å². The zero-order valence-corrected chi connectivity index (χ0v) is 10.2. The van der Waals surface area contributed by atoms with Gasteiger partial charge in [-0.2, -0.15) is 0 Å². The predicted octanol–water partition coefficient (Wildman–Crippen LogP) is 1.47. The molecule has 0 aliphatic heterocycles. The Morgan fingerprint density at radius 1 is 1.53 bits per heavy atom. The van der Waals surface area contributed by atoms with Crippen LogP contribution in [0.2, 0.25) is 0 Å². The third kappa shape index (κ3) is 4.30. The summed E-state index contributed by atoms with van der Waals surface area (Å²) in [5.74, 6) is 0.0689. The maximum absolute atomic E-state index is 11.7. The summed E-state index contributed by atoms with van der Waals surface area (Å²) < 4.78 is 4.64. The Labute approximate surface area is 102 Å². The summed E-state index contributed by atoms with van der Waals surface area (Å²) in [6.07, 6.45) is 6.77. The number of ether oxygens (including phenoxy) is 1. The van der Waals surface area contributed by atoms with Gasteiger partial charge in [-0.05, 0) is 25.2 Å². The van der Waals surface area contributed by atoms with Crippen LogP contribution in [0.3, 0.4) is 0 Å². The molecule has 1 N–H and O–H groups in total. The van der Waals surface area contributed by atoms with Crippen LogP contribution in [0.15, 0.2) is 12.2 Å². The molecular formula is C13H20O4. The molecule has 96 valence electrons. The summed E-state index contributed by atoms with van der Waals surface area (Å²) in [6, 6.07) is 0. The quantitative estimate of drug-likeness (QED) is 0.564. The number of carbonyl (C=O) groups excluding carboxylic acids is 2. The molecule has 2 atom stereocenters. The highest BCUT2D eigenvalue weighted by atomic mass is 16.5. The van der Waals surface area contributed by atoms with Crippen molar-refractivity contribution in [3.63, 3.8) is 0 Å². The molecule has 0 bridgehead atoms. The highest BCUT2D eigenvalue weighted by molar-refractivity contribution is 5.84. The molecule has 0 amide bonds. The van der Waals surface area contributed by atoms with Crippen molar-refractivity contribution in [1.82, 2.24) is 0 Å². The maximum Gasteiger partial charge on any atom is 0.305 e. The number of Topliss-reactive ketones (excluding diaryl/α,β-unsaturated/α-hetero) is 1. The van der Waals surface area contributed by atoms with Gasteiger partial charge in [-0.1, -0.05) is 12.2 Å². The van der Waals surface area contributed by atoms with Crippen LogP contribution in [0, 0.1) is 11.8 Å². The summed E-state index contributed by atoms with van der Waals surface area (Å²) >= 11 is 0. The van der Waals surface area contributed by atoms with Gasteiger partial charge in [0.05, 0.1) is 7.11 Å². The van der Waals surface area contributed by atoms with Gasteiger partial charge >= 0.3 is 5.97 Å². The molecule has 1 aliphatic rings. The number of aliphatic hydroxyl groups excluding tert-OH is 1. The lowest BCUT2D eigenvalue weighted by Crippen LogP contribution is -2.18. The Morgan fingerprint density at radius 2 is 2.29 bits per heavy atom. The van der Waals surface area contributed by atoms with E-state index in [1.807, 2.05) is 12.2 Å². The normalized spacial score (nSPS) is 24.5. The van der Waals surface area contributed by atoms with Crippen LogP contribution >= 0.6 is 0 Å².